The van der Waals surface area contributed by atoms with E-state index in [9.17, 15) is 4.39 Å². The molecule has 0 bridgehead atoms. The van der Waals surface area contributed by atoms with Gasteiger partial charge < -0.3 is 5.32 Å². The summed E-state index contributed by atoms with van der Waals surface area (Å²) in [6, 6.07) is 7.99. The molecule has 0 spiro atoms. The van der Waals surface area contributed by atoms with Crippen LogP contribution in [0.2, 0.25) is 0 Å². The molecule has 0 aliphatic heterocycles. The summed E-state index contributed by atoms with van der Waals surface area (Å²) in [5.41, 5.74) is 2.52. The van der Waals surface area contributed by atoms with Crippen molar-refractivity contribution in [3.8, 4) is 0 Å². The van der Waals surface area contributed by atoms with Crippen molar-refractivity contribution in [2.24, 2.45) is 0 Å². The summed E-state index contributed by atoms with van der Waals surface area (Å²) in [4.78, 5) is 4.58. The third-order valence-electron chi connectivity index (χ3n) is 4.58. The van der Waals surface area contributed by atoms with Crippen LogP contribution in [0, 0.1) is 5.82 Å². The molecule has 3 heteroatoms. The minimum absolute atomic E-state index is 0.0847. The molecule has 0 radical (unpaired) electrons. The fourth-order valence-electron chi connectivity index (χ4n) is 3.20. The van der Waals surface area contributed by atoms with Gasteiger partial charge >= 0.3 is 0 Å². The Morgan fingerprint density at radius 1 is 1.23 bits per heavy atom. The number of hydrogen-bond acceptors (Lipinski definition) is 2. The van der Waals surface area contributed by atoms with Crippen LogP contribution < -0.4 is 5.32 Å². The number of para-hydroxylation sites is 1. The number of nitrogens with one attached hydrogen (secondary N) is 1. The van der Waals surface area contributed by atoms with Crippen LogP contribution in [0.15, 0.2) is 24.3 Å². The number of aromatic nitrogens is 1. The highest BCUT2D eigenvalue weighted by atomic mass is 19.1. The third-order valence-corrected chi connectivity index (χ3v) is 4.58. The molecule has 1 saturated carbocycles. The lowest BCUT2D eigenvalue weighted by Crippen LogP contribution is -2.26. The van der Waals surface area contributed by atoms with Crippen molar-refractivity contribution in [2.75, 3.05) is 0 Å². The highest BCUT2D eigenvalue weighted by Gasteiger charge is 2.20. The van der Waals surface area contributed by atoms with Gasteiger partial charge in [-0.25, -0.2) is 9.37 Å². The lowest BCUT2D eigenvalue weighted by atomic mass is 9.89. The first-order valence-electron chi connectivity index (χ1n) is 8.27. The van der Waals surface area contributed by atoms with Crippen LogP contribution in [-0.4, -0.2) is 11.0 Å². The van der Waals surface area contributed by atoms with E-state index in [-0.39, 0.29) is 11.2 Å². The molecular formula is C19H25FN2. The van der Waals surface area contributed by atoms with Crippen LogP contribution in [0.25, 0.3) is 10.9 Å². The Balaban J connectivity index is 2.00. The topological polar surface area (TPSA) is 24.9 Å². The molecule has 0 saturated heterocycles. The number of halogens is 1. The second kappa shape index (κ2) is 5.96. The van der Waals surface area contributed by atoms with Crippen molar-refractivity contribution in [2.45, 2.75) is 64.5 Å². The number of nitrogens with zero attached hydrogens (tertiary/aromatic N) is 1. The summed E-state index contributed by atoms with van der Waals surface area (Å²) < 4.78 is 14.2. The average molecular weight is 300 g/mol. The minimum Gasteiger partial charge on any atom is -0.310 e. The van der Waals surface area contributed by atoms with Gasteiger partial charge in [-0.1, -0.05) is 45.7 Å². The van der Waals surface area contributed by atoms with Gasteiger partial charge in [0.15, 0.2) is 0 Å². The maximum absolute atomic E-state index is 14.2. The van der Waals surface area contributed by atoms with Gasteiger partial charge in [-0.3, -0.25) is 0 Å². The second-order valence-electron chi connectivity index (χ2n) is 7.41. The number of benzene rings is 1. The molecule has 3 rings (SSSR count). The van der Waals surface area contributed by atoms with Gasteiger partial charge in [-0.15, -0.1) is 0 Å². The van der Waals surface area contributed by atoms with Gasteiger partial charge in [0.2, 0.25) is 0 Å². The first kappa shape index (κ1) is 15.4. The summed E-state index contributed by atoms with van der Waals surface area (Å²) in [6.07, 6.45) is 5.14. The van der Waals surface area contributed by atoms with Crippen molar-refractivity contribution >= 4 is 10.9 Å². The Kier molecular flexibility index (Phi) is 4.18. The zero-order valence-electron chi connectivity index (χ0n) is 13.7. The highest BCUT2D eigenvalue weighted by Crippen LogP contribution is 2.28. The molecule has 118 valence electrons. The summed E-state index contributed by atoms with van der Waals surface area (Å²) >= 11 is 0. The Labute approximate surface area is 132 Å². The van der Waals surface area contributed by atoms with E-state index < -0.39 is 0 Å². The van der Waals surface area contributed by atoms with Crippen LogP contribution in [0.4, 0.5) is 4.39 Å². The van der Waals surface area contributed by atoms with Gasteiger partial charge in [0.1, 0.15) is 11.3 Å². The molecule has 0 amide bonds. The van der Waals surface area contributed by atoms with Crippen molar-refractivity contribution < 1.29 is 4.39 Å². The molecule has 1 heterocycles. The van der Waals surface area contributed by atoms with Crippen molar-refractivity contribution in [1.29, 1.82) is 0 Å². The summed E-state index contributed by atoms with van der Waals surface area (Å²) in [5.74, 6) is -0.231. The first-order chi connectivity index (χ1) is 10.4. The monoisotopic (exact) mass is 300 g/mol. The summed E-state index contributed by atoms with van der Waals surface area (Å²) in [7, 11) is 0. The van der Waals surface area contributed by atoms with E-state index in [1.807, 2.05) is 6.07 Å². The third kappa shape index (κ3) is 3.14. The highest BCUT2D eigenvalue weighted by molar-refractivity contribution is 5.83. The summed E-state index contributed by atoms with van der Waals surface area (Å²) in [5, 5.41) is 4.57. The summed E-state index contributed by atoms with van der Waals surface area (Å²) in [6.45, 7) is 7.15. The number of pyridine rings is 1. The van der Waals surface area contributed by atoms with E-state index in [0.29, 0.717) is 11.6 Å². The maximum Gasteiger partial charge on any atom is 0.149 e. The van der Waals surface area contributed by atoms with E-state index in [1.54, 1.807) is 6.07 Å². The van der Waals surface area contributed by atoms with E-state index in [4.69, 9.17) is 0 Å². The van der Waals surface area contributed by atoms with E-state index >= 15 is 0 Å². The van der Waals surface area contributed by atoms with Crippen LogP contribution in [0.3, 0.4) is 0 Å². The van der Waals surface area contributed by atoms with E-state index in [0.717, 1.165) is 23.2 Å². The van der Waals surface area contributed by atoms with Gasteiger partial charge in [-0.05, 0) is 30.5 Å². The van der Waals surface area contributed by atoms with Gasteiger partial charge in [0.05, 0.1) is 0 Å². The first-order valence-corrected chi connectivity index (χ1v) is 8.27. The molecule has 1 aliphatic rings. The lowest BCUT2D eigenvalue weighted by molar-refractivity contribution is 0.522. The smallest absolute Gasteiger partial charge is 0.149 e. The number of rotatable bonds is 3. The zero-order valence-corrected chi connectivity index (χ0v) is 13.7. The molecule has 2 nitrogen and oxygen atoms in total. The fourth-order valence-corrected chi connectivity index (χ4v) is 3.20. The molecule has 0 unspecified atom stereocenters. The predicted molar refractivity (Wildman–Crippen MR) is 89.5 cm³/mol. The van der Waals surface area contributed by atoms with Crippen LogP contribution in [-0.2, 0) is 12.0 Å². The molecular weight excluding hydrogens is 275 g/mol. The van der Waals surface area contributed by atoms with E-state index in [1.165, 1.54) is 31.7 Å². The molecule has 2 aromatic rings. The fraction of sp³-hybridized carbons (Fsp3) is 0.526. The van der Waals surface area contributed by atoms with Crippen LogP contribution in [0.5, 0.6) is 0 Å². The molecule has 1 aliphatic carbocycles. The van der Waals surface area contributed by atoms with Crippen molar-refractivity contribution in [1.82, 2.24) is 10.3 Å². The van der Waals surface area contributed by atoms with Crippen LogP contribution >= 0.6 is 0 Å². The molecule has 1 fully saturated rings. The standard InChI is InChI=1S/C19H25FN2/c1-19(2,3)17-11-13(12-21-14-7-4-5-8-14)15-9-6-10-16(20)18(15)22-17/h6,9-11,14,21H,4-5,7-8,12H2,1-3H3. The Bertz CT molecular complexity index is 667. The van der Waals surface area contributed by atoms with E-state index in [2.05, 4.69) is 37.1 Å². The molecule has 1 N–H and O–H groups in total. The van der Waals surface area contributed by atoms with Crippen LogP contribution in [0.1, 0.15) is 57.7 Å². The quantitative estimate of drug-likeness (QED) is 0.888. The van der Waals surface area contributed by atoms with Crippen molar-refractivity contribution in [3.63, 3.8) is 0 Å². The number of hydrogen-bond donors (Lipinski definition) is 1. The van der Waals surface area contributed by atoms with Crippen molar-refractivity contribution in [3.05, 3.63) is 41.3 Å². The molecule has 1 aromatic heterocycles. The largest absolute Gasteiger partial charge is 0.310 e. The van der Waals surface area contributed by atoms with Gasteiger partial charge in [0, 0.05) is 29.1 Å². The second-order valence-corrected chi connectivity index (χ2v) is 7.41. The van der Waals surface area contributed by atoms with Gasteiger partial charge in [0.25, 0.3) is 0 Å². The molecule has 1 aromatic carbocycles. The SMILES string of the molecule is CC(C)(C)c1cc(CNC2CCCC2)c2cccc(F)c2n1. The zero-order chi connectivity index (χ0) is 15.7. The average Bonchev–Trinajstić information content (AvgIpc) is 2.97. The number of fused-ring (bicyclic) bond motifs is 1. The Hall–Kier alpha value is -1.48. The Morgan fingerprint density at radius 3 is 2.64 bits per heavy atom. The molecule has 0 atom stereocenters. The minimum atomic E-state index is -0.231. The predicted octanol–water partition coefficient (Wildman–Crippen LogP) is 4.70. The molecule has 22 heavy (non-hydrogen) atoms. The Morgan fingerprint density at radius 2 is 1.95 bits per heavy atom. The maximum atomic E-state index is 14.2. The van der Waals surface area contributed by atoms with Gasteiger partial charge in [-0.2, -0.15) is 0 Å². The lowest BCUT2D eigenvalue weighted by Gasteiger charge is -2.21. The normalized spacial score (nSPS) is 16.5.